The van der Waals surface area contributed by atoms with Gasteiger partial charge >= 0.3 is 0 Å². The maximum Gasteiger partial charge on any atom is 0.185 e. The van der Waals surface area contributed by atoms with Crippen LogP contribution in [0.25, 0.3) is 17.0 Å². The van der Waals surface area contributed by atoms with Gasteiger partial charge in [0.25, 0.3) is 0 Å². The second kappa shape index (κ2) is 3.78. The first-order valence-electron chi connectivity index (χ1n) is 5.05. The molecule has 0 saturated heterocycles. The Morgan fingerprint density at radius 1 is 1.18 bits per heavy atom. The van der Waals surface area contributed by atoms with Crippen LogP contribution < -0.4 is 0 Å². The molecule has 3 heterocycles. The van der Waals surface area contributed by atoms with Gasteiger partial charge in [0.15, 0.2) is 11.5 Å². The van der Waals surface area contributed by atoms with Gasteiger partial charge in [-0.05, 0) is 31.2 Å². The highest BCUT2D eigenvalue weighted by Crippen LogP contribution is 2.18. The van der Waals surface area contributed by atoms with Crippen molar-refractivity contribution in [3.8, 4) is 11.4 Å². The summed E-state index contributed by atoms with van der Waals surface area (Å²) >= 11 is 5.87. The number of hydrogen-bond acceptors (Lipinski definition) is 4. The number of aryl methyl sites for hydroxylation is 1. The minimum absolute atomic E-state index is 0.407. The third kappa shape index (κ3) is 1.74. The Bertz CT molecular complexity index is 691. The van der Waals surface area contributed by atoms with Crippen LogP contribution in [-0.4, -0.2) is 24.8 Å². The molecule has 0 atom stereocenters. The lowest BCUT2D eigenvalue weighted by Crippen LogP contribution is -1.95. The van der Waals surface area contributed by atoms with Gasteiger partial charge < -0.3 is 0 Å². The topological polar surface area (TPSA) is 56.0 Å². The SMILES string of the molecule is Cc1cc(-c2nnc3ccc(Cl)nn23)ccn1. The number of pyridine rings is 1. The number of halogens is 1. The summed E-state index contributed by atoms with van der Waals surface area (Å²) in [6, 6.07) is 7.26. The molecule has 0 radical (unpaired) electrons. The zero-order valence-corrected chi connectivity index (χ0v) is 9.76. The molecule has 0 N–H and O–H groups in total. The standard InChI is InChI=1S/C11H8ClN5/c1-7-6-8(4-5-13-7)11-15-14-10-3-2-9(12)16-17(10)11/h2-6H,1H3. The van der Waals surface area contributed by atoms with Gasteiger partial charge in [0, 0.05) is 17.5 Å². The van der Waals surface area contributed by atoms with Crippen LogP contribution in [0, 0.1) is 6.92 Å². The van der Waals surface area contributed by atoms with Gasteiger partial charge in [0.1, 0.15) is 5.15 Å². The number of aromatic nitrogens is 5. The molecule has 0 aliphatic heterocycles. The van der Waals surface area contributed by atoms with E-state index in [1.807, 2.05) is 19.1 Å². The van der Waals surface area contributed by atoms with E-state index in [2.05, 4.69) is 20.3 Å². The zero-order chi connectivity index (χ0) is 11.8. The van der Waals surface area contributed by atoms with Gasteiger partial charge in [0.05, 0.1) is 0 Å². The summed E-state index contributed by atoms with van der Waals surface area (Å²) in [5.41, 5.74) is 2.50. The van der Waals surface area contributed by atoms with Crippen LogP contribution in [-0.2, 0) is 0 Å². The average molecular weight is 246 g/mol. The molecule has 5 nitrogen and oxygen atoms in total. The molecule has 0 spiro atoms. The van der Waals surface area contributed by atoms with Crippen LogP contribution in [0.15, 0.2) is 30.5 Å². The Morgan fingerprint density at radius 2 is 2.06 bits per heavy atom. The van der Waals surface area contributed by atoms with Crippen molar-refractivity contribution in [2.24, 2.45) is 0 Å². The number of hydrogen-bond donors (Lipinski definition) is 0. The van der Waals surface area contributed by atoms with Gasteiger partial charge in [0.2, 0.25) is 0 Å². The normalized spacial score (nSPS) is 10.9. The zero-order valence-electron chi connectivity index (χ0n) is 9.00. The summed E-state index contributed by atoms with van der Waals surface area (Å²) < 4.78 is 1.62. The van der Waals surface area contributed by atoms with Crippen molar-refractivity contribution >= 4 is 17.2 Å². The molecule has 3 aromatic heterocycles. The molecule has 84 valence electrons. The highest BCUT2D eigenvalue weighted by molar-refractivity contribution is 6.29. The van der Waals surface area contributed by atoms with E-state index in [1.54, 1.807) is 22.8 Å². The Labute approximate surface area is 102 Å². The van der Waals surface area contributed by atoms with Crippen molar-refractivity contribution < 1.29 is 0 Å². The number of nitrogens with zero attached hydrogens (tertiary/aromatic N) is 5. The van der Waals surface area contributed by atoms with Crippen molar-refractivity contribution in [3.05, 3.63) is 41.3 Å². The fourth-order valence-electron chi connectivity index (χ4n) is 1.63. The predicted octanol–water partition coefficient (Wildman–Crippen LogP) is 2.15. The monoisotopic (exact) mass is 245 g/mol. The summed E-state index contributed by atoms with van der Waals surface area (Å²) in [6.45, 7) is 1.92. The second-order valence-electron chi connectivity index (χ2n) is 3.64. The molecule has 3 rings (SSSR count). The first-order chi connectivity index (χ1) is 8.24. The summed E-state index contributed by atoms with van der Waals surface area (Å²) in [5, 5.41) is 12.7. The van der Waals surface area contributed by atoms with Crippen molar-refractivity contribution in [1.29, 1.82) is 0 Å². The van der Waals surface area contributed by atoms with Gasteiger partial charge in [-0.1, -0.05) is 11.6 Å². The molecule has 0 fully saturated rings. The lowest BCUT2D eigenvalue weighted by atomic mass is 10.2. The Kier molecular flexibility index (Phi) is 2.26. The largest absolute Gasteiger partial charge is 0.262 e. The molecular weight excluding hydrogens is 238 g/mol. The van der Waals surface area contributed by atoms with E-state index in [-0.39, 0.29) is 0 Å². The molecular formula is C11H8ClN5. The maximum absolute atomic E-state index is 5.87. The first-order valence-corrected chi connectivity index (χ1v) is 5.43. The van der Waals surface area contributed by atoms with E-state index in [9.17, 15) is 0 Å². The molecule has 3 aromatic rings. The second-order valence-corrected chi connectivity index (χ2v) is 4.02. The summed E-state index contributed by atoms with van der Waals surface area (Å²) in [4.78, 5) is 4.14. The van der Waals surface area contributed by atoms with E-state index in [4.69, 9.17) is 11.6 Å². The Morgan fingerprint density at radius 3 is 2.88 bits per heavy atom. The molecule has 0 saturated carbocycles. The lowest BCUT2D eigenvalue weighted by Gasteiger charge is -1.99. The van der Waals surface area contributed by atoms with Crippen LogP contribution in [0.3, 0.4) is 0 Å². The Balaban J connectivity index is 2.27. The van der Waals surface area contributed by atoms with Gasteiger partial charge in [-0.25, -0.2) is 0 Å². The fraction of sp³-hybridized carbons (Fsp3) is 0.0909. The van der Waals surface area contributed by atoms with Crippen molar-refractivity contribution in [3.63, 3.8) is 0 Å². The van der Waals surface area contributed by atoms with Crippen LogP contribution in [0.2, 0.25) is 5.15 Å². The van der Waals surface area contributed by atoms with Gasteiger partial charge in [-0.15, -0.1) is 10.2 Å². The summed E-state index contributed by atoms with van der Waals surface area (Å²) in [7, 11) is 0. The highest BCUT2D eigenvalue weighted by Gasteiger charge is 2.09. The third-order valence-electron chi connectivity index (χ3n) is 2.39. The smallest absolute Gasteiger partial charge is 0.185 e. The fourth-order valence-corrected chi connectivity index (χ4v) is 1.77. The van der Waals surface area contributed by atoms with E-state index < -0.39 is 0 Å². The van der Waals surface area contributed by atoms with Crippen molar-refractivity contribution in [2.75, 3.05) is 0 Å². The summed E-state index contributed by atoms with van der Waals surface area (Å²) in [6.07, 6.45) is 1.73. The minimum Gasteiger partial charge on any atom is -0.262 e. The quantitative estimate of drug-likeness (QED) is 0.659. The van der Waals surface area contributed by atoms with Gasteiger partial charge in [-0.3, -0.25) is 4.98 Å². The van der Waals surface area contributed by atoms with Crippen molar-refractivity contribution in [1.82, 2.24) is 24.8 Å². The van der Waals surface area contributed by atoms with Crippen LogP contribution >= 0.6 is 11.6 Å². The Hall–Kier alpha value is -2.01. The van der Waals surface area contributed by atoms with E-state index in [0.717, 1.165) is 11.3 Å². The van der Waals surface area contributed by atoms with Crippen molar-refractivity contribution in [2.45, 2.75) is 6.92 Å². The molecule has 0 amide bonds. The molecule has 0 bridgehead atoms. The number of fused-ring (bicyclic) bond motifs is 1. The van der Waals surface area contributed by atoms with E-state index in [1.165, 1.54) is 0 Å². The van der Waals surface area contributed by atoms with Crippen LogP contribution in [0.1, 0.15) is 5.69 Å². The van der Waals surface area contributed by atoms with Gasteiger partial charge in [-0.2, -0.15) is 9.61 Å². The molecule has 0 aliphatic rings. The maximum atomic E-state index is 5.87. The third-order valence-corrected chi connectivity index (χ3v) is 2.59. The molecule has 17 heavy (non-hydrogen) atoms. The molecule has 0 aromatic carbocycles. The number of rotatable bonds is 1. The highest BCUT2D eigenvalue weighted by atomic mass is 35.5. The van der Waals surface area contributed by atoms with E-state index in [0.29, 0.717) is 16.6 Å². The molecule has 0 unspecified atom stereocenters. The van der Waals surface area contributed by atoms with Crippen LogP contribution in [0.5, 0.6) is 0 Å². The predicted molar refractivity (Wildman–Crippen MR) is 63.8 cm³/mol. The minimum atomic E-state index is 0.407. The average Bonchev–Trinajstić information content (AvgIpc) is 2.71. The lowest BCUT2D eigenvalue weighted by molar-refractivity contribution is 0.935. The first kappa shape index (κ1) is 10.2. The molecule has 0 aliphatic carbocycles. The van der Waals surface area contributed by atoms with Crippen LogP contribution in [0.4, 0.5) is 0 Å². The summed E-state index contributed by atoms with van der Waals surface area (Å²) in [5.74, 6) is 0.660. The molecule has 6 heteroatoms. The van der Waals surface area contributed by atoms with E-state index >= 15 is 0 Å².